The molecule has 1 aromatic carbocycles. The minimum absolute atomic E-state index is 0.0488. The molecule has 1 rings (SSSR count). The van der Waals surface area contributed by atoms with E-state index >= 15 is 0 Å². The van der Waals surface area contributed by atoms with Crippen molar-refractivity contribution in [3.05, 3.63) is 29.8 Å². The predicted molar refractivity (Wildman–Crippen MR) is 105 cm³/mol. The fourth-order valence-corrected chi connectivity index (χ4v) is 1.95. The fourth-order valence-electron chi connectivity index (χ4n) is 1.95. The molecule has 1 amide bonds. The Kier molecular flexibility index (Phi) is 8.92. The topological polar surface area (TPSA) is 75.2 Å². The SMILES string of the molecule is COc1ccc(CCNC(=NCC(=O)N(C)C)NCC(C)(C)OC)cc1. The number of carbonyl (C=O) groups is 1. The molecule has 7 heteroatoms. The Morgan fingerprint density at radius 3 is 2.35 bits per heavy atom. The Bertz CT molecular complexity index is 583. The van der Waals surface area contributed by atoms with E-state index in [-0.39, 0.29) is 18.1 Å². The molecular weight excluding hydrogens is 332 g/mol. The molecule has 0 saturated heterocycles. The first-order valence-corrected chi connectivity index (χ1v) is 8.68. The van der Waals surface area contributed by atoms with Gasteiger partial charge in [0.15, 0.2) is 5.96 Å². The second kappa shape index (κ2) is 10.7. The highest BCUT2D eigenvalue weighted by molar-refractivity contribution is 5.84. The molecular formula is C19H32N4O3. The van der Waals surface area contributed by atoms with Gasteiger partial charge in [-0.05, 0) is 38.0 Å². The molecule has 26 heavy (non-hydrogen) atoms. The zero-order valence-corrected chi connectivity index (χ0v) is 16.8. The summed E-state index contributed by atoms with van der Waals surface area (Å²) < 4.78 is 10.6. The first-order chi connectivity index (χ1) is 12.3. The lowest BCUT2D eigenvalue weighted by Crippen LogP contribution is -2.46. The van der Waals surface area contributed by atoms with E-state index in [1.807, 2.05) is 38.1 Å². The maximum absolute atomic E-state index is 11.8. The van der Waals surface area contributed by atoms with Gasteiger partial charge in [-0.25, -0.2) is 4.99 Å². The number of hydrogen-bond acceptors (Lipinski definition) is 4. The molecule has 7 nitrogen and oxygen atoms in total. The summed E-state index contributed by atoms with van der Waals surface area (Å²) in [5.41, 5.74) is 0.864. The largest absolute Gasteiger partial charge is 0.497 e. The normalized spacial score (nSPS) is 11.8. The predicted octanol–water partition coefficient (Wildman–Crippen LogP) is 1.29. The van der Waals surface area contributed by atoms with Crippen LogP contribution in [0.5, 0.6) is 5.75 Å². The Hall–Kier alpha value is -2.28. The van der Waals surface area contributed by atoms with Crippen LogP contribution in [0.25, 0.3) is 0 Å². The molecule has 0 aliphatic carbocycles. The lowest BCUT2D eigenvalue weighted by Gasteiger charge is -2.24. The molecule has 0 fully saturated rings. The molecule has 0 heterocycles. The first-order valence-electron chi connectivity index (χ1n) is 8.68. The van der Waals surface area contributed by atoms with Crippen molar-refractivity contribution in [3.63, 3.8) is 0 Å². The van der Waals surface area contributed by atoms with Crippen LogP contribution in [0.2, 0.25) is 0 Å². The van der Waals surface area contributed by atoms with E-state index in [1.165, 1.54) is 10.5 Å². The molecule has 0 aliphatic heterocycles. The molecule has 0 saturated carbocycles. The summed E-state index contributed by atoms with van der Waals surface area (Å²) in [4.78, 5) is 17.7. The first kappa shape index (κ1) is 21.8. The number of ether oxygens (including phenoxy) is 2. The monoisotopic (exact) mass is 364 g/mol. The highest BCUT2D eigenvalue weighted by atomic mass is 16.5. The molecule has 0 atom stereocenters. The van der Waals surface area contributed by atoms with Crippen molar-refractivity contribution in [1.29, 1.82) is 0 Å². The Morgan fingerprint density at radius 1 is 1.15 bits per heavy atom. The number of nitrogens with one attached hydrogen (secondary N) is 2. The van der Waals surface area contributed by atoms with Gasteiger partial charge in [0.2, 0.25) is 5.91 Å². The van der Waals surface area contributed by atoms with E-state index < -0.39 is 0 Å². The van der Waals surface area contributed by atoms with Crippen LogP contribution in [0, 0.1) is 0 Å². The number of guanidine groups is 1. The van der Waals surface area contributed by atoms with Gasteiger partial charge in [0.05, 0.1) is 12.7 Å². The highest BCUT2D eigenvalue weighted by Crippen LogP contribution is 2.11. The van der Waals surface area contributed by atoms with Crippen LogP contribution in [0.1, 0.15) is 19.4 Å². The maximum Gasteiger partial charge on any atom is 0.243 e. The quantitative estimate of drug-likeness (QED) is 0.510. The number of carbonyl (C=O) groups excluding carboxylic acids is 1. The van der Waals surface area contributed by atoms with Crippen molar-refractivity contribution in [2.45, 2.75) is 25.9 Å². The minimum atomic E-state index is -0.329. The Balaban J connectivity index is 2.61. The van der Waals surface area contributed by atoms with Crippen molar-refractivity contribution in [3.8, 4) is 5.75 Å². The maximum atomic E-state index is 11.8. The van der Waals surface area contributed by atoms with Crippen molar-refractivity contribution < 1.29 is 14.3 Å². The van der Waals surface area contributed by atoms with Gasteiger partial charge < -0.3 is 25.0 Å². The van der Waals surface area contributed by atoms with Gasteiger partial charge in [-0.3, -0.25) is 4.79 Å². The van der Waals surface area contributed by atoms with Gasteiger partial charge in [0.25, 0.3) is 0 Å². The molecule has 2 N–H and O–H groups in total. The Morgan fingerprint density at radius 2 is 1.81 bits per heavy atom. The number of rotatable bonds is 9. The molecule has 0 bridgehead atoms. The third-order valence-corrected chi connectivity index (χ3v) is 3.97. The molecule has 1 aromatic rings. The highest BCUT2D eigenvalue weighted by Gasteiger charge is 2.16. The number of amides is 1. The van der Waals surface area contributed by atoms with E-state index in [1.54, 1.807) is 28.3 Å². The number of likely N-dealkylation sites (N-methyl/N-ethyl adjacent to an activating group) is 1. The van der Waals surface area contributed by atoms with Gasteiger partial charge in [0.1, 0.15) is 12.3 Å². The van der Waals surface area contributed by atoms with E-state index in [0.29, 0.717) is 19.0 Å². The minimum Gasteiger partial charge on any atom is -0.497 e. The second-order valence-corrected chi connectivity index (χ2v) is 6.80. The van der Waals surface area contributed by atoms with Crippen LogP contribution >= 0.6 is 0 Å². The second-order valence-electron chi connectivity index (χ2n) is 6.80. The summed E-state index contributed by atoms with van der Waals surface area (Å²) in [5, 5.41) is 6.50. The summed E-state index contributed by atoms with van der Waals surface area (Å²) in [7, 11) is 6.76. The van der Waals surface area contributed by atoms with Crippen LogP contribution in [0.15, 0.2) is 29.3 Å². The summed E-state index contributed by atoms with van der Waals surface area (Å²) in [5.74, 6) is 1.39. The lowest BCUT2D eigenvalue weighted by atomic mass is 10.1. The molecule has 146 valence electrons. The average molecular weight is 364 g/mol. The van der Waals surface area contributed by atoms with Crippen LogP contribution in [0.3, 0.4) is 0 Å². The van der Waals surface area contributed by atoms with E-state index in [9.17, 15) is 4.79 Å². The van der Waals surface area contributed by atoms with Crippen LogP contribution in [0.4, 0.5) is 0 Å². The van der Waals surface area contributed by atoms with Crippen LogP contribution < -0.4 is 15.4 Å². The van der Waals surface area contributed by atoms with Gasteiger partial charge in [-0.1, -0.05) is 12.1 Å². The Labute approximate surface area is 156 Å². The van der Waals surface area contributed by atoms with Crippen molar-refractivity contribution in [2.75, 3.05) is 47.9 Å². The molecule has 0 aromatic heterocycles. The van der Waals surface area contributed by atoms with Crippen molar-refractivity contribution in [2.24, 2.45) is 4.99 Å². The summed E-state index contributed by atoms with van der Waals surface area (Å²) in [6.45, 7) is 5.34. The van der Waals surface area contributed by atoms with Crippen molar-refractivity contribution in [1.82, 2.24) is 15.5 Å². The summed E-state index contributed by atoms with van der Waals surface area (Å²) in [6, 6.07) is 7.96. The number of aliphatic imine (C=N–C) groups is 1. The van der Waals surface area contributed by atoms with Gasteiger partial charge in [-0.15, -0.1) is 0 Å². The van der Waals surface area contributed by atoms with E-state index in [4.69, 9.17) is 9.47 Å². The average Bonchev–Trinajstić information content (AvgIpc) is 2.63. The third kappa shape index (κ3) is 8.20. The smallest absolute Gasteiger partial charge is 0.243 e. The molecule has 0 unspecified atom stereocenters. The van der Waals surface area contributed by atoms with E-state index in [2.05, 4.69) is 15.6 Å². The molecule has 0 spiro atoms. The zero-order valence-electron chi connectivity index (χ0n) is 16.8. The van der Waals surface area contributed by atoms with E-state index in [0.717, 1.165) is 12.2 Å². The fraction of sp³-hybridized carbons (Fsp3) is 0.579. The number of hydrogen-bond donors (Lipinski definition) is 2. The van der Waals surface area contributed by atoms with Gasteiger partial charge in [0, 0.05) is 34.3 Å². The van der Waals surface area contributed by atoms with Gasteiger partial charge >= 0.3 is 0 Å². The van der Waals surface area contributed by atoms with Gasteiger partial charge in [-0.2, -0.15) is 0 Å². The summed E-state index contributed by atoms with van der Waals surface area (Å²) in [6.07, 6.45) is 0.833. The third-order valence-electron chi connectivity index (χ3n) is 3.97. The molecule has 0 aliphatic rings. The number of benzene rings is 1. The van der Waals surface area contributed by atoms with Crippen LogP contribution in [-0.4, -0.2) is 70.3 Å². The van der Waals surface area contributed by atoms with Crippen LogP contribution in [-0.2, 0) is 16.0 Å². The number of nitrogens with zero attached hydrogens (tertiary/aromatic N) is 2. The van der Waals surface area contributed by atoms with Crippen molar-refractivity contribution >= 4 is 11.9 Å². The standard InChI is InChI=1S/C19H32N4O3/c1-19(2,26-6)14-22-18(21-13-17(24)23(3)4)20-12-11-15-7-9-16(25-5)10-8-15/h7-10H,11-14H2,1-6H3,(H2,20,21,22). The zero-order chi connectivity index (χ0) is 19.6. The number of methoxy groups -OCH3 is 2. The summed E-state index contributed by atoms with van der Waals surface area (Å²) >= 11 is 0. The lowest BCUT2D eigenvalue weighted by molar-refractivity contribution is -0.127. The molecule has 0 radical (unpaired) electrons.